The predicted octanol–water partition coefficient (Wildman–Crippen LogP) is 0.608. The number of rotatable bonds is 5. The van der Waals surface area contributed by atoms with Gasteiger partial charge in [-0.25, -0.2) is 13.2 Å². The molecule has 0 aliphatic carbocycles. The van der Waals surface area contributed by atoms with E-state index in [0.717, 1.165) is 6.07 Å². The van der Waals surface area contributed by atoms with Crippen molar-refractivity contribution < 1.29 is 23.1 Å². The molecule has 9 heteroatoms. The smallest absolute Gasteiger partial charge is 0.335 e. The Morgan fingerprint density at radius 2 is 1.95 bits per heavy atom. The van der Waals surface area contributed by atoms with Gasteiger partial charge in [0.1, 0.15) is 0 Å². The summed E-state index contributed by atoms with van der Waals surface area (Å²) in [5.41, 5.74) is 5.27. The van der Waals surface area contributed by atoms with Gasteiger partial charge in [-0.15, -0.1) is 0 Å². The average molecular weight is 365 g/mol. The number of aromatic carboxylic acids is 1. The first-order valence-corrected chi connectivity index (χ1v) is 7.69. The molecule has 0 radical (unpaired) electrons. The van der Waals surface area contributed by atoms with Crippen LogP contribution in [0.25, 0.3) is 0 Å². The molecule has 0 aromatic heterocycles. The number of carbonyl (C=O) groups excluding carboxylic acids is 1. The minimum Gasteiger partial charge on any atom is -0.478 e. The number of hydrogen-bond donors (Lipinski definition) is 3. The largest absolute Gasteiger partial charge is 0.478 e. The molecule has 4 N–H and O–H groups in total. The van der Waals surface area contributed by atoms with Crippen LogP contribution in [0.1, 0.15) is 22.8 Å². The van der Waals surface area contributed by atoms with Crippen molar-refractivity contribution >= 4 is 37.8 Å². The van der Waals surface area contributed by atoms with Crippen molar-refractivity contribution in [2.75, 3.05) is 0 Å². The van der Waals surface area contributed by atoms with E-state index in [2.05, 4.69) is 20.7 Å². The van der Waals surface area contributed by atoms with Crippen molar-refractivity contribution in [1.82, 2.24) is 4.72 Å². The Morgan fingerprint density at radius 3 is 2.40 bits per heavy atom. The van der Waals surface area contributed by atoms with E-state index in [0.29, 0.717) is 5.56 Å². The van der Waals surface area contributed by atoms with Gasteiger partial charge in [-0.2, -0.15) is 4.72 Å². The number of amides is 1. The number of carbonyl (C=O) groups is 2. The van der Waals surface area contributed by atoms with E-state index in [1.54, 1.807) is 6.92 Å². The lowest BCUT2D eigenvalue weighted by molar-refractivity contribution is -0.119. The third-order valence-corrected chi connectivity index (χ3v) is 5.40. The van der Waals surface area contributed by atoms with Crippen LogP contribution in [-0.4, -0.2) is 31.4 Å². The quantitative estimate of drug-likeness (QED) is 0.705. The number of carboxylic acid groups (broad SMARTS) is 1. The molecule has 1 atom stereocenters. The average Bonchev–Trinajstić information content (AvgIpc) is 2.31. The zero-order chi connectivity index (χ0) is 15.7. The van der Waals surface area contributed by atoms with Crippen molar-refractivity contribution in [3.8, 4) is 0 Å². The van der Waals surface area contributed by atoms with Gasteiger partial charge in [-0.3, -0.25) is 4.79 Å². The summed E-state index contributed by atoms with van der Waals surface area (Å²) in [7, 11) is -4.07. The van der Waals surface area contributed by atoms with Crippen LogP contribution in [0.3, 0.4) is 0 Å². The van der Waals surface area contributed by atoms with E-state index >= 15 is 0 Å². The highest BCUT2D eigenvalue weighted by Gasteiger charge is 2.25. The highest BCUT2D eigenvalue weighted by molar-refractivity contribution is 9.10. The van der Waals surface area contributed by atoms with Gasteiger partial charge in [-0.1, -0.05) is 0 Å². The summed E-state index contributed by atoms with van der Waals surface area (Å²) in [6.45, 7) is 2.86. The van der Waals surface area contributed by atoms with Crippen LogP contribution in [0.4, 0.5) is 0 Å². The summed E-state index contributed by atoms with van der Waals surface area (Å²) in [6, 6.07) is 1.24. The molecule has 1 aromatic rings. The van der Waals surface area contributed by atoms with Crippen LogP contribution < -0.4 is 10.5 Å². The second kappa shape index (κ2) is 5.90. The Balaban J connectivity index is 3.38. The maximum Gasteiger partial charge on any atom is 0.335 e. The van der Waals surface area contributed by atoms with Gasteiger partial charge < -0.3 is 10.8 Å². The lowest BCUT2D eigenvalue weighted by atomic mass is 10.1. The Kier molecular flexibility index (Phi) is 4.90. The van der Waals surface area contributed by atoms with Gasteiger partial charge in [0.2, 0.25) is 15.9 Å². The Bertz CT molecular complexity index is 672. The number of benzene rings is 1. The molecule has 1 amide bonds. The molecule has 1 rings (SSSR count). The van der Waals surface area contributed by atoms with Gasteiger partial charge in [0.15, 0.2) is 0 Å². The standard InChI is InChI=1S/C11H13BrN2O5S/c1-5-3-7(11(16)17)4-8(9(5)12)20(18,19)14-6(2)10(13)15/h3-4,6,14H,1-2H3,(H2,13,15)(H,16,17). The molecule has 110 valence electrons. The fraction of sp³-hybridized carbons (Fsp3) is 0.273. The molecule has 1 aromatic carbocycles. The first kappa shape index (κ1) is 16.6. The Labute approximate surface area is 124 Å². The normalized spacial score (nSPS) is 12.9. The van der Waals surface area contributed by atoms with Crippen molar-refractivity contribution in [3.05, 3.63) is 27.7 Å². The maximum atomic E-state index is 12.2. The zero-order valence-corrected chi connectivity index (χ0v) is 13.1. The highest BCUT2D eigenvalue weighted by Crippen LogP contribution is 2.27. The summed E-state index contributed by atoms with van der Waals surface area (Å²) in [5, 5.41) is 8.96. The van der Waals surface area contributed by atoms with E-state index in [9.17, 15) is 18.0 Å². The molecule has 0 heterocycles. The molecular weight excluding hydrogens is 352 g/mol. The molecule has 0 spiro atoms. The molecule has 0 saturated heterocycles. The van der Waals surface area contributed by atoms with Crippen LogP contribution in [0, 0.1) is 6.92 Å². The van der Waals surface area contributed by atoms with Crippen LogP contribution in [0.15, 0.2) is 21.5 Å². The molecule has 20 heavy (non-hydrogen) atoms. The molecule has 0 saturated carbocycles. The predicted molar refractivity (Wildman–Crippen MR) is 74.8 cm³/mol. The number of nitrogens with two attached hydrogens (primary N) is 1. The fourth-order valence-corrected chi connectivity index (χ4v) is 3.67. The second-order valence-electron chi connectivity index (χ2n) is 4.16. The van der Waals surface area contributed by atoms with Gasteiger partial charge in [0.05, 0.1) is 16.5 Å². The van der Waals surface area contributed by atoms with Crippen molar-refractivity contribution in [2.45, 2.75) is 24.8 Å². The van der Waals surface area contributed by atoms with E-state index in [-0.39, 0.29) is 14.9 Å². The fourth-order valence-electron chi connectivity index (χ4n) is 1.41. The number of carboxylic acids is 1. The molecule has 0 bridgehead atoms. The third kappa shape index (κ3) is 3.56. The van der Waals surface area contributed by atoms with E-state index < -0.39 is 27.9 Å². The minimum atomic E-state index is -4.07. The summed E-state index contributed by atoms with van der Waals surface area (Å²) in [5.74, 6) is -2.09. The van der Waals surface area contributed by atoms with Crippen LogP contribution in [0.2, 0.25) is 0 Å². The molecule has 1 unspecified atom stereocenters. The van der Waals surface area contributed by atoms with Gasteiger partial charge >= 0.3 is 5.97 Å². The van der Waals surface area contributed by atoms with Crippen molar-refractivity contribution in [3.63, 3.8) is 0 Å². The van der Waals surface area contributed by atoms with Crippen molar-refractivity contribution in [1.29, 1.82) is 0 Å². The number of sulfonamides is 1. The van der Waals surface area contributed by atoms with Crippen LogP contribution in [-0.2, 0) is 14.8 Å². The Hall–Kier alpha value is -1.45. The molecule has 0 aliphatic heterocycles. The van der Waals surface area contributed by atoms with Crippen molar-refractivity contribution in [2.24, 2.45) is 5.73 Å². The number of aryl methyl sites for hydroxylation is 1. The van der Waals surface area contributed by atoms with E-state index in [4.69, 9.17) is 10.8 Å². The summed E-state index contributed by atoms with van der Waals surface area (Å²) in [4.78, 5) is 21.6. The monoisotopic (exact) mass is 364 g/mol. The molecular formula is C11H13BrN2O5S. The van der Waals surface area contributed by atoms with Gasteiger partial charge in [0.25, 0.3) is 0 Å². The van der Waals surface area contributed by atoms with E-state index in [1.807, 2.05) is 0 Å². The molecule has 0 aliphatic rings. The highest BCUT2D eigenvalue weighted by atomic mass is 79.9. The number of halogens is 1. The number of primary amides is 1. The SMILES string of the molecule is Cc1cc(C(=O)O)cc(S(=O)(=O)NC(C)C(N)=O)c1Br. The van der Waals surface area contributed by atoms with E-state index in [1.165, 1.54) is 13.0 Å². The molecule has 7 nitrogen and oxygen atoms in total. The van der Waals surface area contributed by atoms with Gasteiger partial charge in [-0.05, 0) is 47.5 Å². The summed E-state index contributed by atoms with van der Waals surface area (Å²) >= 11 is 3.10. The van der Waals surface area contributed by atoms with Crippen LogP contribution >= 0.6 is 15.9 Å². The first-order chi connectivity index (χ1) is 9.06. The number of nitrogens with one attached hydrogen (secondary N) is 1. The maximum absolute atomic E-state index is 12.2. The zero-order valence-electron chi connectivity index (χ0n) is 10.7. The lowest BCUT2D eigenvalue weighted by Crippen LogP contribution is -2.42. The van der Waals surface area contributed by atoms with Gasteiger partial charge in [0, 0.05) is 4.47 Å². The summed E-state index contributed by atoms with van der Waals surface area (Å²) in [6.07, 6.45) is 0. The summed E-state index contributed by atoms with van der Waals surface area (Å²) < 4.78 is 26.6. The minimum absolute atomic E-state index is 0.169. The second-order valence-corrected chi connectivity index (χ2v) is 6.63. The third-order valence-electron chi connectivity index (χ3n) is 2.52. The topological polar surface area (TPSA) is 127 Å². The molecule has 0 fully saturated rings. The number of hydrogen-bond acceptors (Lipinski definition) is 4. The Morgan fingerprint density at radius 1 is 1.40 bits per heavy atom. The first-order valence-electron chi connectivity index (χ1n) is 5.41. The lowest BCUT2D eigenvalue weighted by Gasteiger charge is -2.14. The van der Waals surface area contributed by atoms with Crippen LogP contribution in [0.5, 0.6) is 0 Å².